The van der Waals surface area contributed by atoms with Gasteiger partial charge in [0.25, 0.3) is 0 Å². The minimum Gasteiger partial charge on any atom is -0.382 e. The van der Waals surface area contributed by atoms with Crippen molar-refractivity contribution in [3.05, 3.63) is 73.6 Å². The Bertz CT molecular complexity index is 818. The Labute approximate surface area is 152 Å². The van der Waals surface area contributed by atoms with Crippen molar-refractivity contribution < 1.29 is 9.90 Å². The van der Waals surface area contributed by atoms with Gasteiger partial charge in [-0.25, -0.2) is 4.79 Å². The van der Waals surface area contributed by atoms with Crippen LogP contribution in [0.4, 0.5) is 10.5 Å². The van der Waals surface area contributed by atoms with Gasteiger partial charge in [0, 0.05) is 25.3 Å². The fourth-order valence-corrected chi connectivity index (χ4v) is 4.08. The van der Waals surface area contributed by atoms with Crippen LogP contribution in [-0.2, 0) is 6.54 Å². The summed E-state index contributed by atoms with van der Waals surface area (Å²) in [6.45, 7) is 0.397. The molecular weight excluding hydrogens is 364 g/mol. The van der Waals surface area contributed by atoms with Crippen molar-refractivity contribution in [2.75, 3.05) is 5.32 Å². The fourth-order valence-electron chi connectivity index (χ4n) is 2.13. The molecule has 7 heteroatoms. The molecule has 0 saturated carbocycles. The third-order valence-electron chi connectivity index (χ3n) is 3.27. The van der Waals surface area contributed by atoms with Crippen LogP contribution in [0, 0.1) is 0 Å². The van der Waals surface area contributed by atoms with Gasteiger partial charge in [0.1, 0.15) is 6.10 Å². The van der Waals surface area contributed by atoms with E-state index in [1.807, 2.05) is 29.6 Å². The smallest absolute Gasteiger partial charge is 0.319 e. The molecule has 1 atom stereocenters. The van der Waals surface area contributed by atoms with Crippen LogP contribution in [0.3, 0.4) is 0 Å². The van der Waals surface area contributed by atoms with Gasteiger partial charge in [-0.05, 0) is 41.8 Å². The summed E-state index contributed by atoms with van der Waals surface area (Å²) in [6, 6.07) is 14.3. The molecule has 124 valence electrons. The Balaban J connectivity index is 1.54. The summed E-state index contributed by atoms with van der Waals surface area (Å²) in [5.41, 5.74) is 0.639. The van der Waals surface area contributed by atoms with Gasteiger partial charge >= 0.3 is 6.03 Å². The SMILES string of the molecule is O=C(NCc1ccc(C(O)c2cccs2)s1)Nc1cccc(Cl)c1. The van der Waals surface area contributed by atoms with Crippen molar-refractivity contribution in [3.63, 3.8) is 0 Å². The molecule has 4 nitrogen and oxygen atoms in total. The number of hydrogen-bond acceptors (Lipinski definition) is 4. The quantitative estimate of drug-likeness (QED) is 0.593. The molecule has 3 N–H and O–H groups in total. The summed E-state index contributed by atoms with van der Waals surface area (Å²) in [4.78, 5) is 14.7. The molecule has 3 aromatic rings. The second-order valence-corrected chi connectivity index (χ2v) is 7.66. The van der Waals surface area contributed by atoms with E-state index in [2.05, 4.69) is 10.6 Å². The number of benzene rings is 1. The number of amides is 2. The van der Waals surface area contributed by atoms with Gasteiger partial charge in [0.15, 0.2) is 0 Å². The van der Waals surface area contributed by atoms with Crippen molar-refractivity contribution in [2.45, 2.75) is 12.6 Å². The topological polar surface area (TPSA) is 61.4 Å². The van der Waals surface area contributed by atoms with Crippen LogP contribution in [0.5, 0.6) is 0 Å². The molecule has 0 radical (unpaired) electrons. The molecular formula is C17H15ClN2O2S2. The number of carbonyl (C=O) groups excluding carboxylic acids is 1. The maximum Gasteiger partial charge on any atom is 0.319 e. The molecule has 3 rings (SSSR count). The second kappa shape index (κ2) is 7.81. The Morgan fingerprint density at radius 2 is 2.04 bits per heavy atom. The van der Waals surface area contributed by atoms with Gasteiger partial charge in [-0.1, -0.05) is 23.7 Å². The summed E-state index contributed by atoms with van der Waals surface area (Å²) < 4.78 is 0. The Morgan fingerprint density at radius 3 is 2.79 bits per heavy atom. The number of aliphatic hydroxyl groups is 1. The van der Waals surface area contributed by atoms with Crippen LogP contribution in [-0.4, -0.2) is 11.1 Å². The molecule has 0 saturated heterocycles. The van der Waals surface area contributed by atoms with E-state index >= 15 is 0 Å². The van der Waals surface area contributed by atoms with E-state index in [0.29, 0.717) is 17.3 Å². The number of thiophene rings is 2. The first-order chi connectivity index (χ1) is 11.6. The van der Waals surface area contributed by atoms with E-state index < -0.39 is 6.10 Å². The number of halogens is 1. The number of nitrogens with one attached hydrogen (secondary N) is 2. The Kier molecular flexibility index (Phi) is 5.52. The van der Waals surface area contributed by atoms with E-state index in [1.54, 1.807) is 24.3 Å². The van der Waals surface area contributed by atoms with E-state index in [0.717, 1.165) is 14.6 Å². The fraction of sp³-hybridized carbons (Fsp3) is 0.118. The van der Waals surface area contributed by atoms with Gasteiger partial charge in [0.05, 0.1) is 6.54 Å². The molecule has 0 bridgehead atoms. The third-order valence-corrected chi connectivity index (χ3v) is 5.57. The summed E-state index contributed by atoms with van der Waals surface area (Å²) in [7, 11) is 0. The van der Waals surface area contributed by atoms with Crippen LogP contribution in [0.1, 0.15) is 20.7 Å². The summed E-state index contributed by atoms with van der Waals surface area (Å²) >= 11 is 8.89. The lowest BCUT2D eigenvalue weighted by atomic mass is 10.2. The number of hydrogen-bond donors (Lipinski definition) is 3. The largest absolute Gasteiger partial charge is 0.382 e. The molecule has 2 aromatic heterocycles. The van der Waals surface area contributed by atoms with Crippen LogP contribution >= 0.6 is 34.3 Å². The third kappa shape index (κ3) is 4.36. The summed E-state index contributed by atoms with van der Waals surface area (Å²) in [6.07, 6.45) is -0.607. The van der Waals surface area contributed by atoms with Crippen molar-refractivity contribution >= 4 is 46.0 Å². The summed E-state index contributed by atoms with van der Waals surface area (Å²) in [5, 5.41) is 18.3. The van der Waals surface area contributed by atoms with Crippen molar-refractivity contribution in [2.24, 2.45) is 0 Å². The number of aliphatic hydroxyl groups excluding tert-OH is 1. The standard InChI is InChI=1S/C17H15ClN2O2S2/c18-11-3-1-4-12(9-11)20-17(22)19-10-13-6-7-15(24-13)16(21)14-5-2-8-23-14/h1-9,16,21H,10H2,(H2,19,20,22). The lowest BCUT2D eigenvalue weighted by Crippen LogP contribution is -2.27. The highest BCUT2D eigenvalue weighted by Crippen LogP contribution is 2.30. The maximum absolute atomic E-state index is 11.9. The van der Waals surface area contributed by atoms with Crippen molar-refractivity contribution in [3.8, 4) is 0 Å². The molecule has 0 fully saturated rings. The Morgan fingerprint density at radius 1 is 1.17 bits per heavy atom. The monoisotopic (exact) mass is 378 g/mol. The van der Waals surface area contributed by atoms with Gasteiger partial charge in [-0.15, -0.1) is 22.7 Å². The first kappa shape index (κ1) is 17.0. The molecule has 2 heterocycles. The number of carbonyl (C=O) groups is 1. The minimum absolute atomic E-state index is 0.300. The zero-order chi connectivity index (χ0) is 16.9. The van der Waals surface area contributed by atoms with Crippen LogP contribution in [0.15, 0.2) is 53.9 Å². The van der Waals surface area contributed by atoms with Gasteiger partial charge < -0.3 is 15.7 Å². The molecule has 2 amide bonds. The Hall–Kier alpha value is -1.86. The van der Waals surface area contributed by atoms with Gasteiger partial charge in [-0.3, -0.25) is 0 Å². The second-order valence-electron chi connectivity index (χ2n) is 5.04. The molecule has 0 aliphatic heterocycles. The first-order valence-corrected chi connectivity index (χ1v) is 9.30. The molecule has 1 aromatic carbocycles. The number of rotatable bonds is 5. The first-order valence-electron chi connectivity index (χ1n) is 7.22. The van der Waals surface area contributed by atoms with E-state index in [4.69, 9.17) is 11.6 Å². The minimum atomic E-state index is -0.607. The zero-order valence-corrected chi connectivity index (χ0v) is 14.9. The predicted molar refractivity (Wildman–Crippen MR) is 100 cm³/mol. The van der Waals surface area contributed by atoms with E-state index in [1.165, 1.54) is 22.7 Å². The van der Waals surface area contributed by atoms with E-state index in [9.17, 15) is 9.90 Å². The normalized spacial score (nSPS) is 11.9. The highest BCUT2D eigenvalue weighted by molar-refractivity contribution is 7.12. The average Bonchev–Trinajstić information content (AvgIpc) is 3.24. The molecule has 0 aliphatic carbocycles. The molecule has 24 heavy (non-hydrogen) atoms. The lowest BCUT2D eigenvalue weighted by molar-refractivity contribution is 0.228. The highest BCUT2D eigenvalue weighted by atomic mass is 35.5. The highest BCUT2D eigenvalue weighted by Gasteiger charge is 2.14. The van der Waals surface area contributed by atoms with Crippen molar-refractivity contribution in [1.29, 1.82) is 0 Å². The predicted octanol–water partition coefficient (Wildman–Crippen LogP) is 4.87. The molecule has 0 spiro atoms. The zero-order valence-electron chi connectivity index (χ0n) is 12.5. The van der Waals surface area contributed by atoms with Gasteiger partial charge in [0.2, 0.25) is 0 Å². The number of urea groups is 1. The molecule has 0 aliphatic rings. The van der Waals surface area contributed by atoms with Crippen LogP contribution in [0.2, 0.25) is 5.02 Å². The lowest BCUT2D eigenvalue weighted by Gasteiger charge is -2.07. The van der Waals surface area contributed by atoms with E-state index in [-0.39, 0.29) is 6.03 Å². The summed E-state index contributed by atoms with van der Waals surface area (Å²) in [5.74, 6) is 0. The maximum atomic E-state index is 11.9. The van der Waals surface area contributed by atoms with Crippen LogP contribution in [0.25, 0.3) is 0 Å². The van der Waals surface area contributed by atoms with Crippen molar-refractivity contribution in [1.82, 2.24) is 5.32 Å². The average molecular weight is 379 g/mol. The molecule has 1 unspecified atom stereocenters. The van der Waals surface area contributed by atoms with Gasteiger partial charge in [-0.2, -0.15) is 0 Å². The van der Waals surface area contributed by atoms with Crippen LogP contribution < -0.4 is 10.6 Å². The number of anilines is 1.